The predicted octanol–water partition coefficient (Wildman–Crippen LogP) is 1.98. The molecule has 14 heavy (non-hydrogen) atoms. The van der Waals surface area contributed by atoms with Gasteiger partial charge in [-0.25, -0.2) is 8.42 Å². The van der Waals surface area contributed by atoms with Gasteiger partial charge in [0.25, 0.3) is 0 Å². The Balaban J connectivity index is 2.51. The number of halogens is 1. The molecule has 1 heterocycles. The molecule has 0 aliphatic heterocycles. The predicted molar refractivity (Wildman–Crippen MR) is 62.4 cm³/mol. The zero-order valence-electron chi connectivity index (χ0n) is 7.60. The number of hydrogen-bond acceptors (Lipinski definition) is 4. The molecule has 0 aliphatic rings. The highest BCUT2D eigenvalue weighted by atomic mass is 79.9. The van der Waals surface area contributed by atoms with Crippen LogP contribution >= 0.6 is 27.7 Å². The molecule has 0 atom stereocenters. The Morgan fingerprint density at radius 1 is 1.57 bits per heavy atom. The minimum absolute atomic E-state index is 0.201. The van der Waals surface area contributed by atoms with Gasteiger partial charge in [0.15, 0.2) is 0 Å². The fourth-order valence-corrected chi connectivity index (χ4v) is 3.49. The van der Waals surface area contributed by atoms with Crippen molar-refractivity contribution in [2.45, 2.75) is 4.90 Å². The summed E-state index contributed by atoms with van der Waals surface area (Å²) >= 11 is 4.85. The summed E-state index contributed by atoms with van der Waals surface area (Å²) in [6.07, 6.45) is 4.63. The molecule has 1 rings (SSSR count). The van der Waals surface area contributed by atoms with E-state index in [0.717, 1.165) is 9.37 Å². The molecule has 0 amide bonds. The highest BCUT2D eigenvalue weighted by Gasteiger charge is 2.04. The summed E-state index contributed by atoms with van der Waals surface area (Å²) in [5.41, 5.74) is 0. The van der Waals surface area contributed by atoms with Crippen LogP contribution in [0.15, 0.2) is 27.8 Å². The number of rotatable bonds is 4. The Kier molecular flexibility index (Phi) is 4.40. The Hall–Kier alpha value is -0.0700. The maximum atomic E-state index is 10.9. The zero-order chi connectivity index (χ0) is 10.6. The second-order valence-corrected chi connectivity index (χ2v) is 7.04. The highest BCUT2D eigenvalue weighted by Crippen LogP contribution is 2.25. The van der Waals surface area contributed by atoms with Crippen molar-refractivity contribution in [2.24, 2.45) is 0 Å². The molecular weight excluding hydrogens is 286 g/mol. The standard InChI is InChI=1S/C8H10BrNO2S2/c1-14(11,12)5-4-13-8-2-3-10-6-7(8)9/h2-3,6H,4-5H2,1H3. The molecule has 0 aliphatic carbocycles. The van der Waals surface area contributed by atoms with Crippen molar-refractivity contribution in [1.29, 1.82) is 0 Å². The molecule has 78 valence electrons. The summed E-state index contributed by atoms with van der Waals surface area (Å²) in [5.74, 6) is 0.772. The summed E-state index contributed by atoms with van der Waals surface area (Å²) in [7, 11) is -2.86. The van der Waals surface area contributed by atoms with Crippen LogP contribution in [0.5, 0.6) is 0 Å². The van der Waals surface area contributed by atoms with Gasteiger partial charge in [-0.1, -0.05) is 0 Å². The van der Waals surface area contributed by atoms with E-state index in [1.165, 1.54) is 18.0 Å². The van der Waals surface area contributed by atoms with Crippen LogP contribution in [0.25, 0.3) is 0 Å². The Morgan fingerprint density at radius 3 is 2.86 bits per heavy atom. The smallest absolute Gasteiger partial charge is 0.148 e. The van der Waals surface area contributed by atoms with Gasteiger partial charge >= 0.3 is 0 Å². The maximum absolute atomic E-state index is 10.9. The van der Waals surface area contributed by atoms with E-state index in [0.29, 0.717) is 5.75 Å². The molecule has 0 radical (unpaired) electrons. The van der Waals surface area contributed by atoms with Gasteiger partial charge in [-0.15, -0.1) is 11.8 Å². The number of aromatic nitrogens is 1. The molecule has 0 saturated carbocycles. The molecule has 0 N–H and O–H groups in total. The largest absolute Gasteiger partial charge is 0.263 e. The van der Waals surface area contributed by atoms with Crippen molar-refractivity contribution in [3.63, 3.8) is 0 Å². The number of nitrogens with zero attached hydrogens (tertiary/aromatic N) is 1. The molecule has 6 heteroatoms. The Bertz CT molecular complexity index is 406. The van der Waals surface area contributed by atoms with Crippen molar-refractivity contribution in [3.8, 4) is 0 Å². The fourth-order valence-electron chi connectivity index (χ4n) is 0.782. The topological polar surface area (TPSA) is 47.0 Å². The minimum Gasteiger partial charge on any atom is -0.263 e. The number of hydrogen-bond donors (Lipinski definition) is 0. The highest BCUT2D eigenvalue weighted by molar-refractivity contribution is 9.10. The van der Waals surface area contributed by atoms with E-state index in [4.69, 9.17) is 0 Å². The number of thioether (sulfide) groups is 1. The van der Waals surface area contributed by atoms with Crippen molar-refractivity contribution in [2.75, 3.05) is 17.8 Å². The van der Waals surface area contributed by atoms with Gasteiger partial charge in [0.05, 0.1) is 5.75 Å². The van der Waals surface area contributed by atoms with E-state index in [-0.39, 0.29) is 5.75 Å². The number of sulfone groups is 1. The lowest BCUT2D eigenvalue weighted by Gasteiger charge is -2.02. The average Bonchev–Trinajstić information content (AvgIpc) is 2.06. The van der Waals surface area contributed by atoms with Crippen LogP contribution < -0.4 is 0 Å². The van der Waals surface area contributed by atoms with Crippen molar-refractivity contribution in [3.05, 3.63) is 22.9 Å². The summed E-state index contributed by atoms with van der Waals surface area (Å²) in [6, 6.07) is 1.86. The lowest BCUT2D eigenvalue weighted by molar-refractivity contribution is 0.603. The molecule has 0 bridgehead atoms. The van der Waals surface area contributed by atoms with Gasteiger partial charge in [-0.2, -0.15) is 0 Å². The van der Waals surface area contributed by atoms with E-state index in [1.807, 2.05) is 6.07 Å². The SMILES string of the molecule is CS(=O)(=O)CCSc1ccncc1Br. The molecule has 0 aromatic carbocycles. The summed E-state index contributed by atoms with van der Waals surface area (Å²) in [4.78, 5) is 4.94. The molecule has 0 spiro atoms. The first-order valence-electron chi connectivity index (χ1n) is 3.89. The van der Waals surface area contributed by atoms with Gasteiger partial charge in [0, 0.05) is 33.8 Å². The lowest BCUT2D eigenvalue weighted by Crippen LogP contribution is -2.04. The van der Waals surface area contributed by atoms with Crippen LogP contribution in [0.1, 0.15) is 0 Å². The average molecular weight is 296 g/mol. The first-order chi connectivity index (χ1) is 6.49. The third kappa shape index (κ3) is 4.43. The minimum atomic E-state index is -2.86. The molecule has 0 fully saturated rings. The van der Waals surface area contributed by atoms with Gasteiger partial charge in [-0.05, 0) is 22.0 Å². The normalized spacial score (nSPS) is 11.6. The van der Waals surface area contributed by atoms with Crippen molar-refractivity contribution < 1.29 is 8.42 Å². The molecule has 1 aromatic heterocycles. The second kappa shape index (κ2) is 5.14. The van der Waals surface area contributed by atoms with Crippen LogP contribution in [-0.4, -0.2) is 31.2 Å². The van der Waals surface area contributed by atoms with E-state index >= 15 is 0 Å². The monoisotopic (exact) mass is 295 g/mol. The van der Waals surface area contributed by atoms with Crippen LogP contribution in [0.2, 0.25) is 0 Å². The van der Waals surface area contributed by atoms with Gasteiger partial charge in [0.1, 0.15) is 9.84 Å². The summed E-state index contributed by atoms with van der Waals surface area (Å²) < 4.78 is 22.6. The van der Waals surface area contributed by atoms with Crippen LogP contribution in [0.3, 0.4) is 0 Å². The second-order valence-electron chi connectivity index (χ2n) is 2.78. The summed E-state index contributed by atoms with van der Waals surface area (Å²) in [5, 5.41) is 0. The molecule has 1 aromatic rings. The van der Waals surface area contributed by atoms with E-state index < -0.39 is 9.84 Å². The van der Waals surface area contributed by atoms with Crippen LogP contribution in [0, 0.1) is 0 Å². The Labute approximate surface area is 96.4 Å². The zero-order valence-corrected chi connectivity index (χ0v) is 10.8. The molecule has 3 nitrogen and oxygen atoms in total. The number of pyridine rings is 1. The van der Waals surface area contributed by atoms with E-state index in [1.54, 1.807) is 12.4 Å². The maximum Gasteiger partial charge on any atom is 0.148 e. The quantitative estimate of drug-likeness (QED) is 0.797. The van der Waals surface area contributed by atoms with Crippen molar-refractivity contribution >= 4 is 37.5 Å². The van der Waals surface area contributed by atoms with Gasteiger partial charge in [0.2, 0.25) is 0 Å². The van der Waals surface area contributed by atoms with E-state index in [9.17, 15) is 8.42 Å². The third-order valence-corrected chi connectivity index (χ3v) is 4.62. The summed E-state index contributed by atoms with van der Waals surface area (Å²) in [6.45, 7) is 0. The fraction of sp³-hybridized carbons (Fsp3) is 0.375. The Morgan fingerprint density at radius 2 is 2.29 bits per heavy atom. The first kappa shape index (κ1) is 12.0. The van der Waals surface area contributed by atoms with Gasteiger partial charge in [-0.3, -0.25) is 4.98 Å². The van der Waals surface area contributed by atoms with Gasteiger partial charge < -0.3 is 0 Å². The van der Waals surface area contributed by atoms with Crippen LogP contribution in [-0.2, 0) is 9.84 Å². The van der Waals surface area contributed by atoms with Crippen LogP contribution in [0.4, 0.5) is 0 Å². The molecule has 0 unspecified atom stereocenters. The lowest BCUT2D eigenvalue weighted by atomic mass is 10.5. The van der Waals surface area contributed by atoms with E-state index in [2.05, 4.69) is 20.9 Å². The molecule has 0 saturated heterocycles. The van der Waals surface area contributed by atoms with Crippen molar-refractivity contribution in [1.82, 2.24) is 4.98 Å². The molecular formula is C8H10BrNO2S2. The first-order valence-corrected chi connectivity index (χ1v) is 7.73. The third-order valence-electron chi connectivity index (χ3n) is 1.45.